The number of carbonyl (C=O) groups is 1. The number of carboxylic acids is 1. The van der Waals surface area contributed by atoms with E-state index in [0.717, 1.165) is 32.2 Å². The van der Waals surface area contributed by atoms with Gasteiger partial charge in [-0.15, -0.1) is 0 Å². The van der Waals surface area contributed by atoms with Gasteiger partial charge in [-0.2, -0.15) is 0 Å². The molecule has 1 fully saturated rings. The molecule has 0 heterocycles. The Hall–Kier alpha value is -0.570. The van der Waals surface area contributed by atoms with Gasteiger partial charge < -0.3 is 10.4 Å². The highest BCUT2D eigenvalue weighted by Crippen LogP contribution is 2.29. The third kappa shape index (κ3) is 3.82. The van der Waals surface area contributed by atoms with Crippen molar-refractivity contribution in [2.45, 2.75) is 52.0 Å². The molecule has 3 heteroatoms. The number of hydrogen-bond acceptors (Lipinski definition) is 2. The van der Waals surface area contributed by atoms with Gasteiger partial charge in [0.15, 0.2) is 0 Å². The topological polar surface area (TPSA) is 49.3 Å². The van der Waals surface area contributed by atoms with E-state index in [9.17, 15) is 4.79 Å². The van der Waals surface area contributed by atoms with Crippen molar-refractivity contribution >= 4 is 5.97 Å². The molecule has 0 radical (unpaired) electrons. The second kappa shape index (κ2) is 6.11. The molecule has 0 aliphatic heterocycles. The van der Waals surface area contributed by atoms with Crippen molar-refractivity contribution in [3.05, 3.63) is 0 Å². The monoisotopic (exact) mass is 213 g/mol. The highest BCUT2D eigenvalue weighted by molar-refractivity contribution is 5.70. The summed E-state index contributed by atoms with van der Waals surface area (Å²) in [6, 6.07) is 0.501. The Bertz CT molecular complexity index is 206. The molecule has 1 rings (SSSR count). The number of hydrogen-bond donors (Lipinski definition) is 2. The van der Waals surface area contributed by atoms with Crippen LogP contribution in [0.4, 0.5) is 0 Å². The van der Waals surface area contributed by atoms with E-state index >= 15 is 0 Å². The molecular formula is C12H23NO2. The lowest BCUT2D eigenvalue weighted by Gasteiger charge is -2.29. The summed E-state index contributed by atoms with van der Waals surface area (Å²) < 4.78 is 0. The minimum Gasteiger partial charge on any atom is -0.481 e. The van der Waals surface area contributed by atoms with Crippen molar-refractivity contribution in [3.8, 4) is 0 Å². The molecule has 0 aromatic rings. The zero-order chi connectivity index (χ0) is 11.3. The fourth-order valence-corrected chi connectivity index (χ4v) is 2.27. The lowest BCUT2D eigenvalue weighted by atomic mass is 9.79. The van der Waals surface area contributed by atoms with Crippen molar-refractivity contribution in [2.75, 3.05) is 6.54 Å². The first-order valence-corrected chi connectivity index (χ1v) is 6.11. The van der Waals surface area contributed by atoms with E-state index in [2.05, 4.69) is 19.2 Å². The van der Waals surface area contributed by atoms with E-state index in [-0.39, 0.29) is 5.92 Å². The molecule has 3 atom stereocenters. The number of carboxylic acid groups (broad SMARTS) is 1. The lowest BCUT2D eigenvalue weighted by Crippen LogP contribution is -2.37. The molecule has 0 amide bonds. The average molecular weight is 213 g/mol. The summed E-state index contributed by atoms with van der Waals surface area (Å²) in [6.45, 7) is 5.16. The summed E-state index contributed by atoms with van der Waals surface area (Å²) in [4.78, 5) is 11.1. The molecule has 0 bridgehead atoms. The van der Waals surface area contributed by atoms with Gasteiger partial charge in [-0.1, -0.05) is 19.8 Å². The first-order valence-electron chi connectivity index (χ1n) is 6.11. The molecule has 3 nitrogen and oxygen atoms in total. The van der Waals surface area contributed by atoms with E-state index < -0.39 is 5.97 Å². The van der Waals surface area contributed by atoms with Gasteiger partial charge in [0.25, 0.3) is 0 Å². The van der Waals surface area contributed by atoms with Gasteiger partial charge >= 0.3 is 5.97 Å². The van der Waals surface area contributed by atoms with E-state index in [1.807, 2.05) is 0 Å². The third-order valence-electron chi connectivity index (χ3n) is 3.57. The number of rotatable bonds is 5. The molecular weight excluding hydrogens is 190 g/mol. The van der Waals surface area contributed by atoms with Crippen LogP contribution in [0.1, 0.15) is 46.0 Å². The normalized spacial score (nSPS) is 28.7. The molecule has 88 valence electrons. The van der Waals surface area contributed by atoms with Crippen molar-refractivity contribution in [2.24, 2.45) is 11.8 Å². The molecule has 0 spiro atoms. The van der Waals surface area contributed by atoms with Gasteiger partial charge in [-0.25, -0.2) is 0 Å². The maximum atomic E-state index is 11.1. The van der Waals surface area contributed by atoms with Crippen molar-refractivity contribution < 1.29 is 9.90 Å². The van der Waals surface area contributed by atoms with Crippen LogP contribution in [0, 0.1) is 11.8 Å². The van der Waals surface area contributed by atoms with Gasteiger partial charge in [0.1, 0.15) is 0 Å². The molecule has 3 unspecified atom stereocenters. The van der Waals surface area contributed by atoms with Gasteiger partial charge in [-0.05, 0) is 38.6 Å². The highest BCUT2D eigenvalue weighted by Gasteiger charge is 2.30. The van der Waals surface area contributed by atoms with Crippen molar-refractivity contribution in [3.63, 3.8) is 0 Å². The van der Waals surface area contributed by atoms with Crippen LogP contribution in [0.25, 0.3) is 0 Å². The van der Waals surface area contributed by atoms with E-state index in [4.69, 9.17) is 5.11 Å². The Kier molecular flexibility index (Phi) is 5.09. The minimum absolute atomic E-state index is 0.115. The third-order valence-corrected chi connectivity index (χ3v) is 3.57. The van der Waals surface area contributed by atoms with Crippen LogP contribution >= 0.6 is 0 Å². The predicted octanol–water partition coefficient (Wildman–Crippen LogP) is 2.27. The minimum atomic E-state index is -0.606. The van der Waals surface area contributed by atoms with Crippen molar-refractivity contribution in [1.29, 1.82) is 0 Å². The van der Waals surface area contributed by atoms with E-state index in [1.165, 1.54) is 6.42 Å². The summed E-state index contributed by atoms with van der Waals surface area (Å²) in [7, 11) is 0. The summed E-state index contributed by atoms with van der Waals surface area (Å²) in [5, 5.41) is 12.5. The second-order valence-electron chi connectivity index (χ2n) is 4.71. The summed E-state index contributed by atoms with van der Waals surface area (Å²) >= 11 is 0. The molecule has 2 N–H and O–H groups in total. The fraction of sp³-hybridized carbons (Fsp3) is 0.917. The van der Waals surface area contributed by atoms with Gasteiger partial charge in [0.2, 0.25) is 0 Å². The summed E-state index contributed by atoms with van der Waals surface area (Å²) in [5.41, 5.74) is 0. The van der Waals surface area contributed by atoms with Crippen LogP contribution in [0.15, 0.2) is 0 Å². The zero-order valence-electron chi connectivity index (χ0n) is 9.83. The molecule has 0 saturated heterocycles. The van der Waals surface area contributed by atoms with Gasteiger partial charge in [-0.3, -0.25) is 4.79 Å². The molecule has 15 heavy (non-hydrogen) atoms. The second-order valence-corrected chi connectivity index (χ2v) is 4.71. The first kappa shape index (κ1) is 12.5. The maximum absolute atomic E-state index is 11.1. The standard InChI is InChI=1S/C12H23NO2/c1-3-9(2)13-8-10-6-4-5-7-11(10)12(14)15/h9-11,13H,3-8H2,1-2H3,(H,14,15). The Labute approximate surface area is 92.3 Å². The summed E-state index contributed by atoms with van der Waals surface area (Å²) in [5.74, 6) is -0.383. The maximum Gasteiger partial charge on any atom is 0.306 e. The first-order chi connectivity index (χ1) is 7.15. The quantitative estimate of drug-likeness (QED) is 0.736. The number of nitrogens with one attached hydrogen (secondary N) is 1. The van der Waals surface area contributed by atoms with E-state index in [1.54, 1.807) is 0 Å². The Morgan fingerprint density at radius 3 is 2.73 bits per heavy atom. The van der Waals surface area contributed by atoms with Crippen LogP contribution in [-0.4, -0.2) is 23.7 Å². The molecule has 1 saturated carbocycles. The lowest BCUT2D eigenvalue weighted by molar-refractivity contribution is -0.144. The Morgan fingerprint density at radius 2 is 2.13 bits per heavy atom. The van der Waals surface area contributed by atoms with Crippen LogP contribution in [0.5, 0.6) is 0 Å². The predicted molar refractivity (Wildman–Crippen MR) is 60.8 cm³/mol. The highest BCUT2D eigenvalue weighted by atomic mass is 16.4. The zero-order valence-corrected chi connectivity index (χ0v) is 9.83. The van der Waals surface area contributed by atoms with Crippen molar-refractivity contribution in [1.82, 2.24) is 5.32 Å². The van der Waals surface area contributed by atoms with E-state index in [0.29, 0.717) is 12.0 Å². The van der Waals surface area contributed by atoms with Crippen LogP contribution < -0.4 is 5.32 Å². The van der Waals surface area contributed by atoms with Gasteiger partial charge in [0, 0.05) is 6.04 Å². The van der Waals surface area contributed by atoms with Crippen LogP contribution in [-0.2, 0) is 4.79 Å². The Balaban J connectivity index is 2.39. The molecule has 0 aromatic heterocycles. The largest absolute Gasteiger partial charge is 0.481 e. The average Bonchev–Trinajstić information content (AvgIpc) is 2.26. The van der Waals surface area contributed by atoms with Crippen LogP contribution in [0.2, 0.25) is 0 Å². The van der Waals surface area contributed by atoms with Gasteiger partial charge in [0.05, 0.1) is 5.92 Å². The van der Waals surface area contributed by atoms with Crippen LogP contribution in [0.3, 0.4) is 0 Å². The molecule has 0 aromatic carbocycles. The smallest absolute Gasteiger partial charge is 0.306 e. The molecule has 1 aliphatic rings. The number of aliphatic carboxylic acids is 1. The summed E-state index contributed by atoms with van der Waals surface area (Å²) in [6.07, 6.45) is 5.31. The Morgan fingerprint density at radius 1 is 1.47 bits per heavy atom. The fourth-order valence-electron chi connectivity index (χ4n) is 2.27. The SMILES string of the molecule is CCC(C)NCC1CCCCC1C(=O)O. The molecule has 1 aliphatic carbocycles.